The quantitative estimate of drug-likeness (QED) is 0.376. The number of carbonyl (C=O) groups excluding carboxylic acids is 1. The van der Waals surface area contributed by atoms with Gasteiger partial charge in [0.05, 0.1) is 16.6 Å². The second-order valence-corrected chi connectivity index (χ2v) is 8.27. The first-order valence-corrected chi connectivity index (χ1v) is 10.8. The van der Waals surface area contributed by atoms with Gasteiger partial charge in [-0.1, -0.05) is 0 Å². The van der Waals surface area contributed by atoms with Crippen LogP contribution in [0.5, 0.6) is 5.75 Å². The number of halogens is 3. The number of nitro benzene ring substituents is 1. The third kappa shape index (κ3) is 6.13. The van der Waals surface area contributed by atoms with Crippen molar-refractivity contribution in [1.82, 2.24) is 10.2 Å². The Morgan fingerprint density at radius 2 is 1.74 bits per heavy atom. The molecule has 1 fully saturated rings. The first kappa shape index (κ1) is 25.2. The lowest BCUT2D eigenvalue weighted by Gasteiger charge is -2.37. The molecule has 12 heteroatoms. The van der Waals surface area contributed by atoms with Crippen molar-refractivity contribution in [3.63, 3.8) is 0 Å². The number of ether oxygens (including phenoxy) is 1. The predicted octanol–water partition coefficient (Wildman–Crippen LogP) is 4.24. The summed E-state index contributed by atoms with van der Waals surface area (Å²) in [5.41, 5.74) is -1.17. The molecule has 1 heterocycles. The van der Waals surface area contributed by atoms with Crippen molar-refractivity contribution in [3.05, 3.63) is 63.7 Å². The van der Waals surface area contributed by atoms with Gasteiger partial charge in [0.15, 0.2) is 5.11 Å². The van der Waals surface area contributed by atoms with Crippen LogP contribution in [0.1, 0.15) is 29.8 Å². The van der Waals surface area contributed by atoms with Gasteiger partial charge >= 0.3 is 6.18 Å². The summed E-state index contributed by atoms with van der Waals surface area (Å²) in [6.07, 6.45) is -4.66. The first-order chi connectivity index (χ1) is 16.0. The number of rotatable bonds is 5. The number of nitro groups is 1. The van der Waals surface area contributed by atoms with E-state index in [1.807, 2.05) is 13.8 Å². The number of hydrogen-bond donors (Lipinski definition) is 1. The number of hydrogen-bond acceptors (Lipinski definition) is 6. The fraction of sp³-hybridized carbons (Fsp3) is 0.364. The van der Waals surface area contributed by atoms with Crippen LogP contribution in [-0.4, -0.2) is 53.1 Å². The molecule has 0 spiro atoms. The van der Waals surface area contributed by atoms with Crippen molar-refractivity contribution < 1.29 is 27.6 Å². The van der Waals surface area contributed by atoms with Crippen LogP contribution >= 0.6 is 12.2 Å². The smallest absolute Gasteiger partial charge is 0.416 e. The fourth-order valence-corrected chi connectivity index (χ4v) is 3.74. The van der Waals surface area contributed by atoms with E-state index in [1.54, 1.807) is 34.1 Å². The van der Waals surface area contributed by atoms with Gasteiger partial charge in [0.25, 0.3) is 11.6 Å². The normalized spacial score (nSPS) is 14.2. The van der Waals surface area contributed by atoms with E-state index in [4.69, 9.17) is 17.0 Å². The van der Waals surface area contributed by atoms with Gasteiger partial charge in [0.2, 0.25) is 0 Å². The minimum absolute atomic E-state index is 0.00920. The average Bonchev–Trinajstić information content (AvgIpc) is 2.78. The summed E-state index contributed by atoms with van der Waals surface area (Å²) in [5.74, 6) is 0.254. The molecule has 0 atom stereocenters. The third-order valence-corrected chi connectivity index (χ3v) is 5.48. The van der Waals surface area contributed by atoms with E-state index in [0.717, 1.165) is 12.1 Å². The average molecular weight is 497 g/mol. The van der Waals surface area contributed by atoms with E-state index in [0.29, 0.717) is 30.5 Å². The summed E-state index contributed by atoms with van der Waals surface area (Å²) in [4.78, 5) is 26.4. The van der Waals surface area contributed by atoms with Gasteiger partial charge in [-0.05, 0) is 62.5 Å². The molecule has 0 saturated carbocycles. The van der Waals surface area contributed by atoms with Gasteiger partial charge < -0.3 is 14.5 Å². The Kier molecular flexibility index (Phi) is 7.60. The highest BCUT2D eigenvalue weighted by atomic mass is 32.1. The minimum Gasteiger partial charge on any atom is -0.491 e. The second kappa shape index (κ2) is 10.2. The van der Waals surface area contributed by atoms with Crippen LogP contribution in [0.4, 0.5) is 24.5 Å². The van der Waals surface area contributed by atoms with E-state index >= 15 is 0 Å². The van der Waals surface area contributed by atoms with Crippen LogP contribution in [0.25, 0.3) is 0 Å². The maximum Gasteiger partial charge on any atom is 0.416 e. The molecule has 1 aliphatic heterocycles. The number of carbonyl (C=O) groups is 1. The Labute approximate surface area is 199 Å². The lowest BCUT2D eigenvalue weighted by atomic mass is 10.1. The molecule has 182 valence electrons. The molecule has 0 radical (unpaired) electrons. The Balaban J connectivity index is 1.61. The molecule has 0 bridgehead atoms. The van der Waals surface area contributed by atoms with Crippen LogP contribution < -0.4 is 15.0 Å². The van der Waals surface area contributed by atoms with Gasteiger partial charge in [-0.3, -0.25) is 20.2 Å². The molecule has 1 saturated heterocycles. The molecule has 1 N–H and O–H groups in total. The molecule has 1 aliphatic rings. The zero-order valence-electron chi connectivity index (χ0n) is 18.5. The second-order valence-electron chi connectivity index (χ2n) is 7.88. The zero-order chi connectivity index (χ0) is 25.0. The molecule has 8 nitrogen and oxygen atoms in total. The molecule has 0 aliphatic carbocycles. The number of piperazine rings is 1. The SMILES string of the molecule is CC(C)Oc1ccc(C(=O)NC(=S)N2CCN(c3ccc(C(F)(F)F)cc3[N+](=O)[O-])CC2)cc1. The summed E-state index contributed by atoms with van der Waals surface area (Å²) in [6.45, 7) is 5.02. The third-order valence-electron chi connectivity index (χ3n) is 5.12. The number of alkyl halides is 3. The van der Waals surface area contributed by atoms with E-state index < -0.39 is 22.4 Å². The molecule has 2 aromatic rings. The fourth-order valence-electron chi connectivity index (χ4n) is 3.47. The van der Waals surface area contributed by atoms with Gasteiger partial charge in [-0.15, -0.1) is 0 Å². The highest BCUT2D eigenvalue weighted by Crippen LogP contribution is 2.36. The van der Waals surface area contributed by atoms with Crippen molar-refractivity contribution in [1.29, 1.82) is 0 Å². The monoisotopic (exact) mass is 496 g/mol. The lowest BCUT2D eigenvalue weighted by molar-refractivity contribution is -0.384. The van der Waals surface area contributed by atoms with Gasteiger partial charge in [-0.2, -0.15) is 13.2 Å². The lowest BCUT2D eigenvalue weighted by Crippen LogP contribution is -2.52. The van der Waals surface area contributed by atoms with E-state index in [-0.39, 0.29) is 35.9 Å². The largest absolute Gasteiger partial charge is 0.491 e. The van der Waals surface area contributed by atoms with E-state index in [2.05, 4.69) is 5.32 Å². The molecule has 1 amide bonds. The molecule has 0 aromatic heterocycles. The van der Waals surface area contributed by atoms with E-state index in [1.165, 1.54) is 0 Å². The summed E-state index contributed by atoms with van der Waals surface area (Å²) in [7, 11) is 0. The van der Waals surface area contributed by atoms with Crippen molar-refractivity contribution in [2.75, 3.05) is 31.1 Å². The van der Waals surface area contributed by atoms with Crippen LogP contribution in [0.15, 0.2) is 42.5 Å². The molecule has 3 rings (SSSR count). The van der Waals surface area contributed by atoms with Crippen LogP contribution in [0.2, 0.25) is 0 Å². The topological polar surface area (TPSA) is 88.0 Å². The van der Waals surface area contributed by atoms with Gasteiger partial charge in [0, 0.05) is 37.8 Å². The zero-order valence-corrected chi connectivity index (χ0v) is 19.3. The molecule has 0 unspecified atom stereocenters. The Hall–Kier alpha value is -3.41. The Bertz CT molecular complexity index is 1070. The molecular formula is C22H23F3N4O4S. The number of benzene rings is 2. The van der Waals surface area contributed by atoms with Crippen molar-refractivity contribution in [3.8, 4) is 5.75 Å². The van der Waals surface area contributed by atoms with Crippen LogP contribution in [-0.2, 0) is 6.18 Å². The van der Waals surface area contributed by atoms with Crippen molar-refractivity contribution in [2.45, 2.75) is 26.1 Å². The van der Waals surface area contributed by atoms with Gasteiger partial charge in [0.1, 0.15) is 11.4 Å². The standard InChI is InChI=1S/C22H23F3N4O4S/c1-14(2)33-17-6-3-15(4-7-17)20(30)26-21(34)28-11-9-27(10-12-28)18-8-5-16(22(23,24)25)13-19(18)29(31)32/h3-8,13-14H,9-12H2,1-2H3,(H,26,30,34). The number of amides is 1. The number of anilines is 1. The predicted molar refractivity (Wildman–Crippen MR) is 124 cm³/mol. The molecule has 2 aromatic carbocycles. The number of thiocarbonyl (C=S) groups is 1. The Morgan fingerprint density at radius 1 is 1.12 bits per heavy atom. The summed E-state index contributed by atoms with van der Waals surface area (Å²) >= 11 is 5.33. The highest BCUT2D eigenvalue weighted by Gasteiger charge is 2.34. The van der Waals surface area contributed by atoms with Crippen LogP contribution in [0, 0.1) is 10.1 Å². The summed E-state index contributed by atoms with van der Waals surface area (Å²) in [5, 5.41) is 14.2. The highest BCUT2D eigenvalue weighted by molar-refractivity contribution is 7.80. The Morgan fingerprint density at radius 3 is 2.26 bits per heavy atom. The van der Waals surface area contributed by atoms with Gasteiger partial charge in [-0.25, -0.2) is 0 Å². The number of nitrogens with zero attached hydrogens (tertiary/aromatic N) is 3. The minimum atomic E-state index is -4.67. The molecular weight excluding hydrogens is 473 g/mol. The van der Waals surface area contributed by atoms with Crippen LogP contribution in [0.3, 0.4) is 0 Å². The van der Waals surface area contributed by atoms with Crippen molar-refractivity contribution >= 4 is 34.6 Å². The maximum atomic E-state index is 12.9. The summed E-state index contributed by atoms with van der Waals surface area (Å²) in [6, 6.07) is 9.11. The van der Waals surface area contributed by atoms with Crippen molar-refractivity contribution in [2.24, 2.45) is 0 Å². The first-order valence-electron chi connectivity index (χ1n) is 10.4. The molecule has 34 heavy (non-hydrogen) atoms. The number of nitrogens with one attached hydrogen (secondary N) is 1. The van der Waals surface area contributed by atoms with E-state index in [9.17, 15) is 28.1 Å². The maximum absolute atomic E-state index is 12.9. The summed E-state index contributed by atoms with van der Waals surface area (Å²) < 4.78 is 44.4.